The Morgan fingerprint density at radius 3 is 2.64 bits per heavy atom. The van der Waals surface area contributed by atoms with Crippen LogP contribution in [0.2, 0.25) is 0 Å². The number of carbonyl (C=O) groups is 1. The smallest absolute Gasteiger partial charge is 0.410 e. The average Bonchev–Trinajstić information content (AvgIpc) is 3.06. The van der Waals surface area contributed by atoms with Crippen LogP contribution >= 0.6 is 15.9 Å². The maximum atomic E-state index is 12.5. The van der Waals surface area contributed by atoms with Gasteiger partial charge in [0, 0.05) is 22.1 Å². The topological polar surface area (TPSA) is 48.0 Å². The third kappa shape index (κ3) is 4.61. The number of cyclic esters (lactones) is 1. The number of nitrogens with zero attached hydrogens (tertiary/aromatic N) is 1. The zero-order chi connectivity index (χ0) is 20.1. The van der Waals surface area contributed by atoms with Crippen LogP contribution in [-0.2, 0) is 11.2 Å². The zero-order valence-corrected chi connectivity index (χ0v) is 18.1. The number of benzene rings is 2. The van der Waals surface area contributed by atoms with Crippen LogP contribution in [0.15, 0.2) is 46.9 Å². The largest absolute Gasteiger partial charge is 0.494 e. The number of hydrogen-bond acceptors (Lipinski definition) is 4. The lowest BCUT2D eigenvalue weighted by Gasteiger charge is -2.23. The Hall–Kier alpha value is -2.21. The van der Waals surface area contributed by atoms with Crippen molar-refractivity contribution in [1.29, 1.82) is 0 Å². The van der Waals surface area contributed by atoms with Gasteiger partial charge in [-0.15, -0.1) is 0 Å². The molecule has 1 saturated heterocycles. The Bertz CT molecular complexity index is 826. The summed E-state index contributed by atoms with van der Waals surface area (Å²) >= 11 is 3.55. The summed E-state index contributed by atoms with van der Waals surface area (Å²) in [5.74, 6) is 1.59. The minimum Gasteiger partial charge on any atom is -0.494 e. The van der Waals surface area contributed by atoms with Gasteiger partial charge in [0.15, 0.2) is 0 Å². The standard InChI is InChI=1S/C22H26BrNO4/c1-4-26-17-11-10-16(20(13-17)27-5-2)12-15(3)24-14-21(28-22(24)25)18-8-6-7-9-19(18)23/h6-11,13,15,21H,4-5,12,14H2,1-3H3/t15-,21+/m1/s1. The van der Waals surface area contributed by atoms with Crippen LogP contribution in [0.25, 0.3) is 0 Å². The summed E-state index contributed by atoms with van der Waals surface area (Å²) in [6.07, 6.45) is 0.133. The summed E-state index contributed by atoms with van der Waals surface area (Å²) < 4.78 is 18.0. The fraction of sp³-hybridized carbons (Fsp3) is 0.409. The van der Waals surface area contributed by atoms with E-state index in [-0.39, 0.29) is 18.2 Å². The van der Waals surface area contributed by atoms with Gasteiger partial charge >= 0.3 is 6.09 Å². The first kappa shape index (κ1) is 20.5. The van der Waals surface area contributed by atoms with Crippen LogP contribution in [0.3, 0.4) is 0 Å². The van der Waals surface area contributed by atoms with E-state index in [1.165, 1.54) is 0 Å². The van der Waals surface area contributed by atoms with E-state index in [2.05, 4.69) is 15.9 Å². The van der Waals surface area contributed by atoms with Crippen molar-refractivity contribution < 1.29 is 19.0 Å². The van der Waals surface area contributed by atoms with Crippen LogP contribution in [0, 0.1) is 0 Å². The van der Waals surface area contributed by atoms with Crippen LogP contribution in [0.4, 0.5) is 4.79 Å². The second-order valence-electron chi connectivity index (χ2n) is 6.73. The molecule has 1 aliphatic rings. The number of ether oxygens (including phenoxy) is 3. The highest BCUT2D eigenvalue weighted by Gasteiger charge is 2.36. The van der Waals surface area contributed by atoms with Crippen LogP contribution < -0.4 is 9.47 Å². The van der Waals surface area contributed by atoms with Crippen molar-refractivity contribution in [3.63, 3.8) is 0 Å². The highest BCUT2D eigenvalue weighted by Crippen LogP contribution is 2.33. The summed E-state index contributed by atoms with van der Waals surface area (Å²) in [7, 11) is 0. The van der Waals surface area contributed by atoms with E-state index in [1.54, 1.807) is 4.90 Å². The highest BCUT2D eigenvalue weighted by molar-refractivity contribution is 9.10. The van der Waals surface area contributed by atoms with Gasteiger partial charge < -0.3 is 19.1 Å². The predicted octanol–water partition coefficient (Wildman–Crippen LogP) is 5.37. The molecule has 2 aromatic rings. The summed E-state index contributed by atoms with van der Waals surface area (Å²) in [6, 6.07) is 13.7. The summed E-state index contributed by atoms with van der Waals surface area (Å²) in [5, 5.41) is 0. The monoisotopic (exact) mass is 447 g/mol. The lowest BCUT2D eigenvalue weighted by atomic mass is 10.0. The summed E-state index contributed by atoms with van der Waals surface area (Å²) in [5.41, 5.74) is 2.04. The molecule has 0 N–H and O–H groups in total. The second-order valence-corrected chi connectivity index (χ2v) is 7.59. The maximum Gasteiger partial charge on any atom is 0.410 e. The van der Waals surface area contributed by atoms with Gasteiger partial charge in [-0.3, -0.25) is 0 Å². The third-order valence-corrected chi connectivity index (χ3v) is 5.51. The molecule has 0 radical (unpaired) electrons. The van der Waals surface area contributed by atoms with Crippen LogP contribution in [0.1, 0.15) is 38.0 Å². The van der Waals surface area contributed by atoms with Gasteiger partial charge in [-0.25, -0.2) is 4.79 Å². The van der Waals surface area contributed by atoms with E-state index in [0.717, 1.165) is 27.1 Å². The molecule has 0 aliphatic carbocycles. The molecule has 0 aromatic heterocycles. The van der Waals surface area contributed by atoms with Crippen LogP contribution in [0.5, 0.6) is 11.5 Å². The fourth-order valence-corrected chi connectivity index (χ4v) is 3.96. The molecule has 150 valence electrons. The quantitative estimate of drug-likeness (QED) is 0.545. The lowest BCUT2D eigenvalue weighted by Crippen LogP contribution is -2.35. The van der Waals surface area contributed by atoms with E-state index >= 15 is 0 Å². The predicted molar refractivity (Wildman–Crippen MR) is 112 cm³/mol. The molecule has 1 fully saturated rings. The van der Waals surface area contributed by atoms with Crippen molar-refractivity contribution in [2.24, 2.45) is 0 Å². The van der Waals surface area contributed by atoms with Gasteiger partial charge in [0.05, 0.1) is 19.8 Å². The van der Waals surface area contributed by atoms with Gasteiger partial charge in [0.1, 0.15) is 17.6 Å². The first-order valence-corrected chi connectivity index (χ1v) is 10.4. The molecule has 6 heteroatoms. The van der Waals surface area contributed by atoms with Crippen molar-refractivity contribution in [2.45, 2.75) is 39.3 Å². The highest BCUT2D eigenvalue weighted by atomic mass is 79.9. The molecule has 2 aromatic carbocycles. The van der Waals surface area contributed by atoms with Gasteiger partial charge in [0.2, 0.25) is 0 Å². The third-order valence-electron chi connectivity index (χ3n) is 4.79. The first-order chi connectivity index (χ1) is 13.5. The Morgan fingerprint density at radius 2 is 1.93 bits per heavy atom. The van der Waals surface area contributed by atoms with Crippen molar-refractivity contribution in [3.05, 3.63) is 58.1 Å². The molecule has 3 rings (SSSR count). The van der Waals surface area contributed by atoms with E-state index in [0.29, 0.717) is 26.2 Å². The minimum atomic E-state index is -0.280. The molecule has 5 nitrogen and oxygen atoms in total. The molecule has 0 unspecified atom stereocenters. The van der Waals surface area contributed by atoms with E-state index in [9.17, 15) is 4.79 Å². The molecular weight excluding hydrogens is 422 g/mol. The molecule has 0 bridgehead atoms. The Labute approximate surface area is 174 Å². The SMILES string of the molecule is CCOc1ccc(C[C@@H](C)N2C[C@@H](c3ccccc3Br)OC2=O)c(OCC)c1. The average molecular weight is 448 g/mol. The molecule has 0 saturated carbocycles. The van der Waals surface area contributed by atoms with Crippen molar-refractivity contribution in [1.82, 2.24) is 4.90 Å². The molecule has 28 heavy (non-hydrogen) atoms. The number of carbonyl (C=O) groups excluding carboxylic acids is 1. The second kappa shape index (κ2) is 9.32. The molecule has 1 amide bonds. The zero-order valence-electron chi connectivity index (χ0n) is 16.5. The summed E-state index contributed by atoms with van der Waals surface area (Å²) in [6.45, 7) is 7.67. The molecular formula is C22H26BrNO4. The lowest BCUT2D eigenvalue weighted by molar-refractivity contribution is 0.128. The fourth-order valence-electron chi connectivity index (χ4n) is 3.42. The van der Waals surface area contributed by atoms with Gasteiger partial charge in [-0.05, 0) is 44.9 Å². The Morgan fingerprint density at radius 1 is 1.18 bits per heavy atom. The molecule has 1 heterocycles. The Kier molecular flexibility index (Phi) is 6.83. The van der Waals surface area contributed by atoms with Crippen molar-refractivity contribution in [3.8, 4) is 11.5 Å². The number of rotatable bonds is 8. The van der Waals surface area contributed by atoms with Crippen molar-refractivity contribution in [2.75, 3.05) is 19.8 Å². The molecule has 1 aliphatic heterocycles. The summed E-state index contributed by atoms with van der Waals surface area (Å²) in [4.78, 5) is 14.3. The van der Waals surface area contributed by atoms with Gasteiger partial charge in [0.25, 0.3) is 0 Å². The van der Waals surface area contributed by atoms with Gasteiger partial charge in [-0.2, -0.15) is 0 Å². The van der Waals surface area contributed by atoms with Crippen molar-refractivity contribution >= 4 is 22.0 Å². The maximum absolute atomic E-state index is 12.5. The Balaban J connectivity index is 1.73. The molecule has 0 spiro atoms. The number of halogens is 1. The van der Waals surface area contributed by atoms with E-state index in [4.69, 9.17) is 14.2 Å². The van der Waals surface area contributed by atoms with Gasteiger partial charge in [-0.1, -0.05) is 40.2 Å². The van der Waals surface area contributed by atoms with Crippen LogP contribution in [-0.4, -0.2) is 36.8 Å². The first-order valence-electron chi connectivity index (χ1n) is 9.63. The number of amides is 1. The van der Waals surface area contributed by atoms with E-state index < -0.39 is 0 Å². The molecule has 2 atom stereocenters. The normalized spacial score (nSPS) is 17.4. The minimum absolute atomic E-state index is 0.0165. The number of hydrogen-bond donors (Lipinski definition) is 0. The van der Waals surface area contributed by atoms with E-state index in [1.807, 2.05) is 63.2 Å².